The van der Waals surface area contributed by atoms with Gasteiger partial charge in [0.15, 0.2) is 0 Å². The topological polar surface area (TPSA) is 84.5 Å². The number of hydrogen-bond donors (Lipinski definition) is 2. The largest absolute Gasteiger partial charge is 0.377 e. The fraction of sp³-hybridized carbons (Fsp3) is 0.533. The maximum atomic E-state index is 12.2. The van der Waals surface area contributed by atoms with E-state index in [1.807, 2.05) is 6.92 Å². The predicted molar refractivity (Wildman–Crippen MR) is 83.2 cm³/mol. The van der Waals surface area contributed by atoms with E-state index in [1.165, 1.54) is 24.3 Å². The SMILES string of the molecule is CCCNC(=O)c1ccc(S(=O)(=O)NCC2CCCO2)cc1. The van der Waals surface area contributed by atoms with Gasteiger partial charge in [-0.3, -0.25) is 4.79 Å². The third-order valence-corrected chi connectivity index (χ3v) is 4.93. The molecule has 1 fully saturated rings. The van der Waals surface area contributed by atoms with Crippen LogP contribution in [0.3, 0.4) is 0 Å². The first kappa shape index (κ1) is 16.9. The van der Waals surface area contributed by atoms with Crippen LogP contribution >= 0.6 is 0 Å². The molecule has 1 aromatic carbocycles. The highest BCUT2D eigenvalue weighted by Gasteiger charge is 2.20. The molecule has 0 radical (unpaired) electrons. The van der Waals surface area contributed by atoms with Crippen molar-refractivity contribution >= 4 is 15.9 Å². The van der Waals surface area contributed by atoms with Crippen molar-refractivity contribution in [3.05, 3.63) is 29.8 Å². The van der Waals surface area contributed by atoms with Gasteiger partial charge in [0.1, 0.15) is 0 Å². The van der Waals surface area contributed by atoms with Crippen molar-refractivity contribution in [2.75, 3.05) is 19.7 Å². The number of carbonyl (C=O) groups is 1. The standard InChI is InChI=1S/C15H22N2O4S/c1-2-9-16-15(18)12-5-7-14(8-6-12)22(19,20)17-11-13-4-3-10-21-13/h5-8,13,17H,2-4,9-11H2,1H3,(H,16,18). The number of amides is 1. The van der Waals surface area contributed by atoms with Crippen LogP contribution in [0.25, 0.3) is 0 Å². The van der Waals surface area contributed by atoms with Crippen LogP contribution in [-0.4, -0.2) is 40.1 Å². The first-order valence-electron chi connectivity index (χ1n) is 7.52. The lowest BCUT2D eigenvalue weighted by atomic mass is 10.2. The molecule has 0 aliphatic carbocycles. The summed E-state index contributed by atoms with van der Waals surface area (Å²) < 4.78 is 32.3. The zero-order chi connectivity index (χ0) is 16.0. The van der Waals surface area contributed by atoms with Crippen LogP contribution < -0.4 is 10.0 Å². The van der Waals surface area contributed by atoms with E-state index >= 15 is 0 Å². The minimum absolute atomic E-state index is 0.0473. The van der Waals surface area contributed by atoms with Crippen molar-refractivity contribution in [2.24, 2.45) is 0 Å². The van der Waals surface area contributed by atoms with E-state index in [1.54, 1.807) is 0 Å². The second kappa shape index (κ2) is 7.71. The lowest BCUT2D eigenvalue weighted by molar-refractivity contribution is 0.0953. The molecule has 1 unspecified atom stereocenters. The first-order valence-corrected chi connectivity index (χ1v) is 9.01. The molecule has 1 heterocycles. The maximum absolute atomic E-state index is 12.2. The van der Waals surface area contributed by atoms with Gasteiger partial charge in [-0.1, -0.05) is 6.92 Å². The van der Waals surface area contributed by atoms with E-state index in [2.05, 4.69) is 10.0 Å². The summed E-state index contributed by atoms with van der Waals surface area (Å²) >= 11 is 0. The number of benzene rings is 1. The second-order valence-corrected chi connectivity index (χ2v) is 7.03. The lowest BCUT2D eigenvalue weighted by Gasteiger charge is -2.11. The Labute approximate surface area is 131 Å². The molecule has 1 aliphatic heterocycles. The number of carbonyl (C=O) groups excluding carboxylic acids is 1. The Morgan fingerprint density at radius 1 is 1.32 bits per heavy atom. The number of ether oxygens (including phenoxy) is 1. The molecule has 2 rings (SSSR count). The molecule has 1 saturated heterocycles. The Bertz CT molecular complexity index is 592. The van der Waals surface area contributed by atoms with Crippen LogP contribution in [0.15, 0.2) is 29.2 Å². The summed E-state index contributed by atoms with van der Waals surface area (Å²) in [5, 5.41) is 2.75. The van der Waals surface area contributed by atoms with E-state index in [9.17, 15) is 13.2 Å². The summed E-state index contributed by atoms with van der Waals surface area (Å²) in [5.74, 6) is -0.196. The monoisotopic (exact) mass is 326 g/mol. The van der Waals surface area contributed by atoms with Gasteiger partial charge in [0.25, 0.3) is 5.91 Å². The van der Waals surface area contributed by atoms with Gasteiger partial charge in [0.2, 0.25) is 10.0 Å². The van der Waals surface area contributed by atoms with E-state index in [4.69, 9.17) is 4.74 Å². The quantitative estimate of drug-likeness (QED) is 0.790. The van der Waals surface area contributed by atoms with Crippen LogP contribution in [0.2, 0.25) is 0 Å². The molecule has 2 N–H and O–H groups in total. The van der Waals surface area contributed by atoms with E-state index in [0.29, 0.717) is 18.7 Å². The fourth-order valence-corrected chi connectivity index (χ4v) is 3.28. The molecule has 0 spiro atoms. The highest BCUT2D eigenvalue weighted by molar-refractivity contribution is 7.89. The number of hydrogen-bond acceptors (Lipinski definition) is 4. The van der Waals surface area contributed by atoms with Crippen LogP contribution in [-0.2, 0) is 14.8 Å². The van der Waals surface area contributed by atoms with Crippen LogP contribution in [0.4, 0.5) is 0 Å². The molecule has 0 bridgehead atoms. The van der Waals surface area contributed by atoms with Crippen molar-refractivity contribution in [1.82, 2.24) is 10.0 Å². The van der Waals surface area contributed by atoms with Crippen molar-refractivity contribution in [2.45, 2.75) is 37.2 Å². The molecule has 122 valence electrons. The molecule has 1 aromatic rings. The van der Waals surface area contributed by atoms with Gasteiger partial charge >= 0.3 is 0 Å². The molecule has 0 aromatic heterocycles. The Morgan fingerprint density at radius 2 is 2.05 bits per heavy atom. The van der Waals surface area contributed by atoms with Gasteiger partial charge in [0.05, 0.1) is 11.0 Å². The second-order valence-electron chi connectivity index (χ2n) is 5.27. The van der Waals surface area contributed by atoms with Gasteiger partial charge in [0, 0.05) is 25.3 Å². The number of rotatable bonds is 7. The van der Waals surface area contributed by atoms with Gasteiger partial charge in [-0.15, -0.1) is 0 Å². The average molecular weight is 326 g/mol. The predicted octanol–water partition coefficient (Wildman–Crippen LogP) is 1.28. The van der Waals surface area contributed by atoms with Crippen LogP contribution in [0.1, 0.15) is 36.5 Å². The van der Waals surface area contributed by atoms with Crippen molar-refractivity contribution in [1.29, 1.82) is 0 Å². The number of sulfonamides is 1. The smallest absolute Gasteiger partial charge is 0.251 e. The minimum Gasteiger partial charge on any atom is -0.377 e. The number of nitrogens with one attached hydrogen (secondary N) is 2. The van der Waals surface area contributed by atoms with E-state index in [0.717, 1.165) is 19.3 Å². The Kier molecular flexibility index (Phi) is 5.93. The summed E-state index contributed by atoms with van der Waals surface area (Å²) in [7, 11) is -3.57. The zero-order valence-corrected chi connectivity index (χ0v) is 13.5. The van der Waals surface area contributed by atoms with Crippen molar-refractivity contribution in [3.63, 3.8) is 0 Å². The minimum atomic E-state index is -3.57. The summed E-state index contributed by atoms with van der Waals surface area (Å²) in [6.45, 7) is 3.53. The molecule has 1 atom stereocenters. The third-order valence-electron chi connectivity index (χ3n) is 3.49. The van der Waals surface area contributed by atoms with Crippen LogP contribution in [0, 0.1) is 0 Å². The molecule has 1 amide bonds. The molecule has 1 aliphatic rings. The highest BCUT2D eigenvalue weighted by Crippen LogP contribution is 2.14. The molecule has 7 heteroatoms. The van der Waals surface area contributed by atoms with Gasteiger partial charge in [-0.05, 0) is 43.5 Å². The third kappa shape index (κ3) is 4.53. The summed E-state index contributed by atoms with van der Waals surface area (Å²) in [6, 6.07) is 5.93. The van der Waals surface area contributed by atoms with Gasteiger partial charge < -0.3 is 10.1 Å². The average Bonchev–Trinajstić information content (AvgIpc) is 3.04. The molecule has 22 heavy (non-hydrogen) atoms. The maximum Gasteiger partial charge on any atom is 0.251 e. The molecular weight excluding hydrogens is 304 g/mol. The highest BCUT2D eigenvalue weighted by atomic mass is 32.2. The van der Waals surface area contributed by atoms with Crippen molar-refractivity contribution < 1.29 is 17.9 Å². The van der Waals surface area contributed by atoms with E-state index < -0.39 is 10.0 Å². The Hall–Kier alpha value is -1.44. The van der Waals surface area contributed by atoms with Crippen molar-refractivity contribution in [3.8, 4) is 0 Å². The van der Waals surface area contributed by atoms with Gasteiger partial charge in [-0.25, -0.2) is 13.1 Å². The van der Waals surface area contributed by atoms with Crippen LogP contribution in [0.5, 0.6) is 0 Å². The molecular formula is C15H22N2O4S. The van der Waals surface area contributed by atoms with E-state index in [-0.39, 0.29) is 23.5 Å². The molecule has 6 nitrogen and oxygen atoms in total. The molecule has 0 saturated carbocycles. The zero-order valence-electron chi connectivity index (χ0n) is 12.7. The Balaban J connectivity index is 1.97. The fourth-order valence-electron chi connectivity index (χ4n) is 2.22. The normalized spacial score (nSPS) is 18.3. The summed E-state index contributed by atoms with van der Waals surface area (Å²) in [4.78, 5) is 11.9. The first-order chi connectivity index (χ1) is 10.5. The summed E-state index contributed by atoms with van der Waals surface area (Å²) in [6.07, 6.45) is 2.65. The Morgan fingerprint density at radius 3 is 2.64 bits per heavy atom. The lowest BCUT2D eigenvalue weighted by Crippen LogP contribution is -2.31. The summed E-state index contributed by atoms with van der Waals surface area (Å²) in [5.41, 5.74) is 0.450. The van der Waals surface area contributed by atoms with Gasteiger partial charge in [-0.2, -0.15) is 0 Å².